The average molecular weight is 421 g/mol. The predicted octanol–water partition coefficient (Wildman–Crippen LogP) is 3.92. The van der Waals surface area contributed by atoms with Crippen molar-refractivity contribution in [1.82, 2.24) is 15.2 Å². The van der Waals surface area contributed by atoms with Crippen LogP contribution in [0.1, 0.15) is 44.8 Å². The maximum Gasteiger partial charge on any atom is 0.274 e. The number of aromatic nitrogens is 1. The molecule has 0 radical (unpaired) electrons. The number of benzene rings is 1. The van der Waals surface area contributed by atoms with Crippen LogP contribution < -0.4 is 10.6 Å². The number of carbonyl (C=O) groups excluding carboxylic acids is 2. The molecule has 2 N–H and O–H groups in total. The zero-order valence-electron chi connectivity index (χ0n) is 16.6. The van der Waals surface area contributed by atoms with Crippen LogP contribution in [0.15, 0.2) is 59.4 Å². The van der Waals surface area contributed by atoms with Gasteiger partial charge < -0.3 is 15.5 Å². The molecule has 1 saturated heterocycles. The molecule has 0 spiro atoms. The van der Waals surface area contributed by atoms with Crippen LogP contribution >= 0.6 is 11.3 Å². The van der Waals surface area contributed by atoms with E-state index in [-0.39, 0.29) is 11.8 Å². The van der Waals surface area contributed by atoms with Gasteiger partial charge in [0.2, 0.25) is 0 Å². The first-order valence-corrected chi connectivity index (χ1v) is 11.0. The van der Waals surface area contributed by atoms with Crippen LogP contribution in [0, 0.1) is 0 Å². The first-order valence-electron chi connectivity index (χ1n) is 10.1. The molecule has 0 aliphatic carbocycles. The number of nitrogens with zero attached hydrogens (tertiary/aromatic N) is 2. The molecule has 2 amide bonds. The molecule has 1 aliphatic heterocycles. The summed E-state index contributed by atoms with van der Waals surface area (Å²) >= 11 is 1.67. The molecule has 3 aromatic rings. The lowest BCUT2D eigenvalue weighted by molar-refractivity contribution is 0.0792. The Morgan fingerprint density at radius 1 is 1.03 bits per heavy atom. The van der Waals surface area contributed by atoms with Crippen LogP contribution in [0.5, 0.6) is 0 Å². The van der Waals surface area contributed by atoms with Gasteiger partial charge >= 0.3 is 0 Å². The molecule has 0 unspecified atom stereocenters. The number of likely N-dealkylation sites (tertiary alicyclic amines) is 1. The van der Waals surface area contributed by atoms with E-state index in [2.05, 4.69) is 32.4 Å². The normalized spacial score (nSPS) is 13.4. The first kappa shape index (κ1) is 20.3. The molecule has 30 heavy (non-hydrogen) atoms. The van der Waals surface area contributed by atoms with Gasteiger partial charge in [-0.25, -0.2) is 0 Å². The molecule has 1 fully saturated rings. The Morgan fingerprint density at radius 3 is 2.60 bits per heavy atom. The number of hydrogen-bond acceptors (Lipinski definition) is 5. The molecule has 6 nitrogen and oxygen atoms in total. The number of hydrogen-bond donors (Lipinski definition) is 2. The Morgan fingerprint density at radius 2 is 1.87 bits per heavy atom. The van der Waals surface area contributed by atoms with Gasteiger partial charge in [-0.3, -0.25) is 14.6 Å². The molecule has 4 rings (SSSR count). The molecule has 0 bridgehead atoms. The van der Waals surface area contributed by atoms with E-state index in [1.54, 1.807) is 41.8 Å². The predicted molar refractivity (Wildman–Crippen MR) is 119 cm³/mol. The van der Waals surface area contributed by atoms with Gasteiger partial charge in [-0.2, -0.15) is 11.3 Å². The van der Waals surface area contributed by atoms with E-state index in [9.17, 15) is 9.59 Å². The van der Waals surface area contributed by atoms with Crippen molar-refractivity contribution in [1.29, 1.82) is 0 Å². The van der Waals surface area contributed by atoms with Crippen LogP contribution in [-0.4, -0.2) is 34.8 Å². The zero-order chi connectivity index (χ0) is 20.8. The Kier molecular flexibility index (Phi) is 6.51. The summed E-state index contributed by atoms with van der Waals surface area (Å²) in [6.07, 6.45) is 3.66. The molecular weight excluding hydrogens is 396 g/mol. The van der Waals surface area contributed by atoms with Crippen molar-refractivity contribution in [3.8, 4) is 0 Å². The highest BCUT2D eigenvalue weighted by Crippen LogP contribution is 2.20. The summed E-state index contributed by atoms with van der Waals surface area (Å²) in [5.74, 6) is -0.279. The standard InChI is InChI=1S/C23H24N4O2S/c28-22(21-5-1-2-7-25-21)26-20-12-18(15-24-14-17-6-10-30-16-17)11-19(13-20)23(29)27-8-3-4-9-27/h1-2,5-7,10-13,16,24H,3-4,8-9,14-15H2,(H,26,28). The molecule has 0 atom stereocenters. The van der Waals surface area contributed by atoms with Crippen LogP contribution in [0.2, 0.25) is 0 Å². The number of carbonyl (C=O) groups is 2. The molecule has 0 saturated carbocycles. The van der Waals surface area contributed by atoms with Crippen LogP contribution in [0.25, 0.3) is 0 Å². The van der Waals surface area contributed by atoms with E-state index in [4.69, 9.17) is 0 Å². The van der Waals surface area contributed by atoms with Crippen LogP contribution in [0.4, 0.5) is 5.69 Å². The fourth-order valence-electron chi connectivity index (χ4n) is 3.53. The third-order valence-corrected chi connectivity index (χ3v) is 5.76. The van der Waals surface area contributed by atoms with E-state index >= 15 is 0 Å². The van der Waals surface area contributed by atoms with Crippen molar-refractivity contribution in [3.63, 3.8) is 0 Å². The van der Waals surface area contributed by atoms with E-state index in [1.807, 2.05) is 17.0 Å². The number of rotatable bonds is 7. The fourth-order valence-corrected chi connectivity index (χ4v) is 4.20. The lowest BCUT2D eigenvalue weighted by atomic mass is 10.1. The lowest BCUT2D eigenvalue weighted by Crippen LogP contribution is -2.28. The maximum absolute atomic E-state index is 12.9. The molecule has 7 heteroatoms. The van der Waals surface area contributed by atoms with E-state index < -0.39 is 0 Å². The lowest BCUT2D eigenvalue weighted by Gasteiger charge is -2.17. The number of nitrogens with one attached hydrogen (secondary N) is 2. The third-order valence-electron chi connectivity index (χ3n) is 5.03. The number of pyridine rings is 1. The minimum absolute atomic E-state index is 0.0144. The highest BCUT2D eigenvalue weighted by atomic mass is 32.1. The Bertz CT molecular complexity index is 999. The first-order chi connectivity index (χ1) is 14.7. The van der Waals surface area contributed by atoms with Crippen molar-refractivity contribution in [3.05, 3.63) is 81.8 Å². The molecule has 3 heterocycles. The number of anilines is 1. The summed E-state index contributed by atoms with van der Waals surface area (Å²) in [6.45, 7) is 2.93. The average Bonchev–Trinajstić information content (AvgIpc) is 3.48. The summed E-state index contributed by atoms with van der Waals surface area (Å²) < 4.78 is 0. The minimum atomic E-state index is -0.293. The van der Waals surface area contributed by atoms with Crippen LogP contribution in [0.3, 0.4) is 0 Å². The summed E-state index contributed by atoms with van der Waals surface area (Å²) in [6, 6.07) is 12.9. The molecule has 154 valence electrons. The summed E-state index contributed by atoms with van der Waals surface area (Å²) in [5.41, 5.74) is 3.72. The largest absolute Gasteiger partial charge is 0.339 e. The Hall–Kier alpha value is -3.03. The van der Waals surface area contributed by atoms with E-state index in [0.29, 0.717) is 23.5 Å². The second-order valence-corrected chi connectivity index (χ2v) is 8.10. The van der Waals surface area contributed by atoms with Crippen LogP contribution in [-0.2, 0) is 13.1 Å². The van der Waals surface area contributed by atoms with E-state index in [1.165, 1.54) is 5.56 Å². The molecule has 2 aromatic heterocycles. The minimum Gasteiger partial charge on any atom is -0.339 e. The van der Waals surface area contributed by atoms with Crippen molar-refractivity contribution >= 4 is 28.8 Å². The van der Waals surface area contributed by atoms with Gasteiger partial charge in [0.15, 0.2) is 0 Å². The van der Waals surface area contributed by atoms with Crippen molar-refractivity contribution in [2.75, 3.05) is 18.4 Å². The SMILES string of the molecule is O=C(Nc1cc(CNCc2ccsc2)cc(C(=O)N2CCCC2)c1)c1ccccn1. The topological polar surface area (TPSA) is 74.3 Å². The molecule has 1 aliphatic rings. The smallest absolute Gasteiger partial charge is 0.274 e. The Balaban J connectivity index is 1.53. The maximum atomic E-state index is 12.9. The van der Waals surface area contributed by atoms with Crippen molar-refractivity contribution in [2.45, 2.75) is 25.9 Å². The Labute approximate surface area is 180 Å². The van der Waals surface area contributed by atoms with Gasteiger partial charge in [-0.05, 0) is 71.1 Å². The van der Waals surface area contributed by atoms with Gasteiger partial charge in [-0.1, -0.05) is 6.07 Å². The summed E-state index contributed by atoms with van der Waals surface area (Å²) in [5, 5.41) is 10.5. The van der Waals surface area contributed by atoms with Crippen molar-refractivity contribution in [2.24, 2.45) is 0 Å². The van der Waals surface area contributed by atoms with Gasteiger partial charge in [0.05, 0.1) is 0 Å². The summed E-state index contributed by atoms with van der Waals surface area (Å²) in [4.78, 5) is 31.5. The fraction of sp³-hybridized carbons (Fsp3) is 0.261. The second kappa shape index (κ2) is 9.65. The quantitative estimate of drug-likeness (QED) is 0.608. The molecular formula is C23H24N4O2S. The number of thiophene rings is 1. The monoisotopic (exact) mass is 420 g/mol. The zero-order valence-corrected chi connectivity index (χ0v) is 17.5. The highest BCUT2D eigenvalue weighted by Gasteiger charge is 2.20. The van der Waals surface area contributed by atoms with Gasteiger partial charge in [0.25, 0.3) is 11.8 Å². The third kappa shape index (κ3) is 5.11. The molecule has 1 aromatic carbocycles. The summed E-state index contributed by atoms with van der Waals surface area (Å²) in [7, 11) is 0. The van der Waals surface area contributed by atoms with Crippen molar-refractivity contribution < 1.29 is 9.59 Å². The van der Waals surface area contributed by atoms with Gasteiger partial charge in [0.1, 0.15) is 5.69 Å². The van der Waals surface area contributed by atoms with Gasteiger partial charge in [-0.15, -0.1) is 0 Å². The highest BCUT2D eigenvalue weighted by molar-refractivity contribution is 7.07. The van der Waals surface area contributed by atoms with E-state index in [0.717, 1.165) is 38.0 Å². The van der Waals surface area contributed by atoms with Gasteiger partial charge in [0, 0.05) is 43.6 Å². The second-order valence-electron chi connectivity index (χ2n) is 7.32. The number of amides is 2.